The van der Waals surface area contributed by atoms with E-state index < -0.39 is 0 Å². The predicted octanol–water partition coefficient (Wildman–Crippen LogP) is 2.91. The third-order valence-electron chi connectivity index (χ3n) is 6.69. The first-order valence-corrected chi connectivity index (χ1v) is 11.7. The molecule has 1 saturated heterocycles. The molecule has 2 aliphatic rings. The van der Waals surface area contributed by atoms with Crippen LogP contribution in [0.4, 0.5) is 22.7 Å². The number of ether oxygens (including phenoxy) is 1. The van der Waals surface area contributed by atoms with E-state index in [1.54, 1.807) is 31.4 Å². The first-order valence-electron chi connectivity index (χ1n) is 11.7. The van der Waals surface area contributed by atoms with Gasteiger partial charge in [0.05, 0.1) is 41.9 Å². The van der Waals surface area contributed by atoms with Crippen molar-refractivity contribution >= 4 is 34.3 Å². The van der Waals surface area contributed by atoms with Crippen LogP contribution >= 0.6 is 0 Å². The number of ketones is 2. The number of anilines is 4. The fraction of sp³-hybridized carbons (Fsp3) is 0.259. The van der Waals surface area contributed by atoms with Crippen LogP contribution in [-0.4, -0.2) is 68.0 Å². The minimum Gasteiger partial charge on any atom is -0.497 e. The Hall–Kier alpha value is -3.88. The van der Waals surface area contributed by atoms with E-state index in [9.17, 15) is 14.7 Å². The molecule has 0 aromatic heterocycles. The number of methoxy groups -OCH3 is 1. The summed E-state index contributed by atoms with van der Waals surface area (Å²) < 4.78 is 5.35. The highest BCUT2D eigenvalue weighted by atomic mass is 16.5. The minimum atomic E-state index is -0.248. The van der Waals surface area contributed by atoms with Crippen LogP contribution < -0.4 is 20.7 Å². The van der Waals surface area contributed by atoms with Crippen LogP contribution in [0.1, 0.15) is 31.8 Å². The Balaban J connectivity index is 1.63. The van der Waals surface area contributed by atoms with E-state index in [0.29, 0.717) is 47.9 Å². The molecule has 1 aliphatic heterocycles. The summed E-state index contributed by atoms with van der Waals surface area (Å²) in [5.41, 5.74) is 10.2. The molecule has 0 bridgehead atoms. The van der Waals surface area contributed by atoms with Gasteiger partial charge in [-0.2, -0.15) is 0 Å². The lowest BCUT2D eigenvalue weighted by atomic mass is 9.81. The third-order valence-corrected chi connectivity index (χ3v) is 6.69. The van der Waals surface area contributed by atoms with Gasteiger partial charge >= 0.3 is 0 Å². The van der Waals surface area contributed by atoms with E-state index in [2.05, 4.69) is 15.1 Å². The van der Waals surface area contributed by atoms with Crippen LogP contribution in [0.3, 0.4) is 0 Å². The summed E-state index contributed by atoms with van der Waals surface area (Å²) in [5.74, 6) is 0.195. The summed E-state index contributed by atoms with van der Waals surface area (Å²) >= 11 is 0. The van der Waals surface area contributed by atoms with Crippen molar-refractivity contribution in [2.24, 2.45) is 0 Å². The average molecular weight is 473 g/mol. The number of aliphatic hydroxyl groups is 1. The topological polar surface area (TPSA) is 108 Å². The number of nitrogens with zero attached hydrogens (tertiary/aromatic N) is 2. The van der Waals surface area contributed by atoms with Gasteiger partial charge < -0.3 is 25.8 Å². The Bertz CT molecular complexity index is 1300. The molecule has 0 unspecified atom stereocenters. The van der Waals surface area contributed by atoms with Gasteiger partial charge in [-0.25, -0.2) is 0 Å². The SMILES string of the molecule is COc1cccc(Nc2cc(N3CCN(CCO)CC3)c(N)c3c2C(=O)c2ccccc2C3=O)c1. The lowest BCUT2D eigenvalue weighted by Gasteiger charge is -2.37. The van der Waals surface area contributed by atoms with E-state index in [0.717, 1.165) is 24.5 Å². The number of carbonyl (C=O) groups excluding carboxylic acids is 2. The summed E-state index contributed by atoms with van der Waals surface area (Å²) in [6.45, 7) is 3.67. The molecule has 1 heterocycles. The monoisotopic (exact) mass is 472 g/mol. The molecular formula is C27H28N4O4. The van der Waals surface area contributed by atoms with Crippen molar-refractivity contribution in [1.82, 2.24) is 4.90 Å². The van der Waals surface area contributed by atoms with Gasteiger partial charge in [-0.1, -0.05) is 30.3 Å². The zero-order chi connectivity index (χ0) is 24.5. The highest BCUT2D eigenvalue weighted by molar-refractivity contribution is 6.32. The maximum atomic E-state index is 13.6. The maximum Gasteiger partial charge on any atom is 0.196 e. The van der Waals surface area contributed by atoms with Gasteiger partial charge in [-0.3, -0.25) is 14.5 Å². The van der Waals surface area contributed by atoms with E-state index in [4.69, 9.17) is 10.5 Å². The number of aliphatic hydroxyl groups excluding tert-OH is 1. The second-order valence-corrected chi connectivity index (χ2v) is 8.72. The van der Waals surface area contributed by atoms with Crippen LogP contribution in [0, 0.1) is 0 Å². The lowest BCUT2D eigenvalue weighted by Crippen LogP contribution is -2.47. The number of β-amino-alcohol motifs (C(OH)–C–C–N with tert-alkyl or cyclic N) is 1. The Labute approximate surface area is 203 Å². The van der Waals surface area contributed by atoms with Gasteiger partial charge in [0.1, 0.15) is 5.75 Å². The molecule has 8 nitrogen and oxygen atoms in total. The Kier molecular flexibility index (Phi) is 6.15. The number of hydrogen-bond acceptors (Lipinski definition) is 8. The number of nitrogens with one attached hydrogen (secondary N) is 1. The Morgan fingerprint density at radius 1 is 0.943 bits per heavy atom. The number of hydrogen-bond donors (Lipinski definition) is 3. The highest BCUT2D eigenvalue weighted by Gasteiger charge is 2.35. The highest BCUT2D eigenvalue weighted by Crippen LogP contribution is 2.42. The van der Waals surface area contributed by atoms with Crippen molar-refractivity contribution in [3.63, 3.8) is 0 Å². The number of piperazine rings is 1. The molecule has 0 spiro atoms. The summed E-state index contributed by atoms with van der Waals surface area (Å²) in [4.78, 5) is 31.6. The van der Waals surface area contributed by atoms with Crippen molar-refractivity contribution in [3.05, 3.63) is 76.9 Å². The van der Waals surface area contributed by atoms with E-state index in [1.807, 2.05) is 30.3 Å². The molecule has 3 aromatic carbocycles. The second-order valence-electron chi connectivity index (χ2n) is 8.72. The van der Waals surface area contributed by atoms with Gasteiger partial charge in [-0.05, 0) is 18.2 Å². The lowest BCUT2D eigenvalue weighted by molar-refractivity contribution is 0.0980. The smallest absolute Gasteiger partial charge is 0.196 e. The molecule has 8 heteroatoms. The van der Waals surface area contributed by atoms with E-state index in [-0.39, 0.29) is 29.3 Å². The van der Waals surface area contributed by atoms with Gasteiger partial charge in [0, 0.05) is 55.6 Å². The van der Waals surface area contributed by atoms with E-state index >= 15 is 0 Å². The number of fused-ring (bicyclic) bond motifs is 2. The molecule has 0 radical (unpaired) electrons. The quantitative estimate of drug-likeness (QED) is 0.368. The molecule has 35 heavy (non-hydrogen) atoms. The summed E-state index contributed by atoms with van der Waals surface area (Å²) in [7, 11) is 1.60. The van der Waals surface area contributed by atoms with Crippen LogP contribution in [0.5, 0.6) is 5.75 Å². The van der Waals surface area contributed by atoms with Crippen molar-refractivity contribution in [2.45, 2.75) is 0 Å². The fourth-order valence-corrected chi connectivity index (χ4v) is 4.87. The standard InChI is InChI=1S/C27H28N4O4/c1-35-18-6-4-5-17(15-18)29-21-16-22(31-11-9-30(10-12-31)13-14-32)25(28)24-23(21)26(33)19-7-2-3-8-20(19)27(24)34/h2-8,15-16,29,32H,9-14,28H2,1H3. The number of benzene rings is 3. The molecular weight excluding hydrogens is 444 g/mol. The van der Waals surface area contributed by atoms with Gasteiger partial charge in [-0.15, -0.1) is 0 Å². The molecule has 0 atom stereocenters. The zero-order valence-electron chi connectivity index (χ0n) is 19.6. The first-order chi connectivity index (χ1) is 17.0. The van der Waals surface area contributed by atoms with Gasteiger partial charge in [0.25, 0.3) is 0 Å². The third kappa shape index (κ3) is 4.11. The largest absolute Gasteiger partial charge is 0.497 e. The molecule has 0 saturated carbocycles. The summed E-state index contributed by atoms with van der Waals surface area (Å²) in [6, 6.07) is 16.1. The number of nitrogen functional groups attached to an aromatic ring is 1. The number of carbonyl (C=O) groups is 2. The Morgan fingerprint density at radius 2 is 1.63 bits per heavy atom. The van der Waals surface area contributed by atoms with Crippen LogP contribution in [0.25, 0.3) is 0 Å². The minimum absolute atomic E-state index is 0.117. The van der Waals surface area contributed by atoms with Crippen molar-refractivity contribution < 1.29 is 19.4 Å². The predicted molar refractivity (Wildman–Crippen MR) is 136 cm³/mol. The van der Waals surface area contributed by atoms with Crippen molar-refractivity contribution in [1.29, 1.82) is 0 Å². The normalized spacial score (nSPS) is 15.5. The summed E-state index contributed by atoms with van der Waals surface area (Å²) in [6.07, 6.45) is 0. The fourth-order valence-electron chi connectivity index (χ4n) is 4.87. The molecule has 3 aromatic rings. The van der Waals surface area contributed by atoms with Crippen molar-refractivity contribution in [2.75, 3.05) is 62.4 Å². The van der Waals surface area contributed by atoms with Gasteiger partial charge in [0.15, 0.2) is 11.6 Å². The Morgan fingerprint density at radius 3 is 2.29 bits per heavy atom. The van der Waals surface area contributed by atoms with E-state index in [1.165, 1.54) is 0 Å². The van der Waals surface area contributed by atoms with Gasteiger partial charge in [0.2, 0.25) is 0 Å². The first kappa shape index (κ1) is 22.9. The molecule has 1 fully saturated rings. The zero-order valence-corrected chi connectivity index (χ0v) is 19.6. The molecule has 4 N–H and O–H groups in total. The molecule has 0 amide bonds. The number of nitrogens with two attached hydrogens (primary N) is 1. The molecule has 5 rings (SSSR count). The number of rotatable bonds is 6. The van der Waals surface area contributed by atoms with Crippen LogP contribution in [-0.2, 0) is 0 Å². The average Bonchev–Trinajstić information content (AvgIpc) is 2.89. The summed E-state index contributed by atoms with van der Waals surface area (Å²) in [5, 5.41) is 12.6. The van der Waals surface area contributed by atoms with Crippen LogP contribution in [0.2, 0.25) is 0 Å². The molecule has 180 valence electrons. The molecule has 1 aliphatic carbocycles. The second kappa shape index (κ2) is 9.40. The maximum absolute atomic E-state index is 13.6. The van der Waals surface area contributed by atoms with Crippen molar-refractivity contribution in [3.8, 4) is 5.75 Å². The van der Waals surface area contributed by atoms with Crippen LogP contribution in [0.15, 0.2) is 54.6 Å².